The van der Waals surface area contributed by atoms with Crippen LogP contribution in [0.25, 0.3) is 0 Å². The molecule has 3 N–H and O–H groups in total. The maximum atomic E-state index is 12.3. The Morgan fingerprint density at radius 1 is 1.35 bits per heavy atom. The average Bonchev–Trinajstić information content (AvgIpc) is 3.27. The second kappa shape index (κ2) is 7.84. The normalized spacial score (nSPS) is 23.2. The number of halogens is 1. The molecule has 0 bridgehead atoms. The molecule has 1 aromatic carbocycles. The van der Waals surface area contributed by atoms with E-state index in [0.717, 1.165) is 37.7 Å². The number of nitrogens with one attached hydrogen (secondary N) is 2. The minimum absolute atomic E-state index is 0.0584. The van der Waals surface area contributed by atoms with Gasteiger partial charge in [0.1, 0.15) is 0 Å². The Bertz CT molecular complexity index is 672. The third-order valence-corrected chi connectivity index (χ3v) is 5.61. The van der Waals surface area contributed by atoms with E-state index < -0.39 is 5.97 Å². The topological polar surface area (TPSA) is 81.7 Å². The molecule has 2 amide bonds. The first-order valence-corrected chi connectivity index (χ1v) is 9.56. The van der Waals surface area contributed by atoms with Gasteiger partial charge in [-0.15, -0.1) is 0 Å². The van der Waals surface area contributed by atoms with E-state index in [4.69, 9.17) is 16.7 Å². The Hall–Kier alpha value is -1.79. The quantitative estimate of drug-likeness (QED) is 0.648. The number of benzene rings is 1. The third-order valence-electron chi connectivity index (χ3n) is 5.37. The molecule has 0 saturated heterocycles. The maximum absolute atomic E-state index is 12.3. The number of carboxylic acids is 1. The van der Waals surface area contributed by atoms with Crippen molar-refractivity contribution < 1.29 is 14.7 Å². The van der Waals surface area contributed by atoms with Crippen LogP contribution in [0.4, 0.5) is 4.79 Å². The SMILES string of the molecule is CCN(CC(=O)O)C1CC(NC(=O)NC2(Cc3cccc(Cl)c3)CC2)C1. The fourth-order valence-electron chi connectivity index (χ4n) is 3.67. The molecule has 142 valence electrons. The summed E-state index contributed by atoms with van der Waals surface area (Å²) in [4.78, 5) is 25.1. The molecule has 0 aromatic heterocycles. The molecule has 0 aliphatic heterocycles. The molecule has 0 spiro atoms. The van der Waals surface area contributed by atoms with Crippen LogP contribution in [0.15, 0.2) is 24.3 Å². The van der Waals surface area contributed by atoms with Crippen molar-refractivity contribution >= 4 is 23.6 Å². The summed E-state index contributed by atoms with van der Waals surface area (Å²) in [5, 5.41) is 15.8. The summed E-state index contributed by atoms with van der Waals surface area (Å²) in [6.45, 7) is 2.73. The fourth-order valence-corrected chi connectivity index (χ4v) is 3.89. The summed E-state index contributed by atoms with van der Waals surface area (Å²) in [5.41, 5.74) is 0.975. The van der Waals surface area contributed by atoms with Crippen molar-refractivity contribution in [3.63, 3.8) is 0 Å². The summed E-state index contributed by atoms with van der Waals surface area (Å²) in [5.74, 6) is -0.808. The van der Waals surface area contributed by atoms with E-state index in [1.54, 1.807) is 0 Å². The van der Waals surface area contributed by atoms with Crippen LogP contribution in [0.2, 0.25) is 5.02 Å². The van der Waals surface area contributed by atoms with Gasteiger partial charge in [-0.1, -0.05) is 30.7 Å². The number of likely N-dealkylation sites (N-methyl/N-ethyl adjacent to an activating group) is 1. The number of amides is 2. The Labute approximate surface area is 158 Å². The van der Waals surface area contributed by atoms with Gasteiger partial charge in [0.05, 0.1) is 6.54 Å². The summed E-state index contributed by atoms with van der Waals surface area (Å²) >= 11 is 6.04. The van der Waals surface area contributed by atoms with Crippen molar-refractivity contribution in [1.82, 2.24) is 15.5 Å². The van der Waals surface area contributed by atoms with Gasteiger partial charge in [-0.3, -0.25) is 9.69 Å². The zero-order chi connectivity index (χ0) is 18.7. The second-order valence-corrected chi connectivity index (χ2v) is 7.90. The number of nitrogens with zero attached hydrogens (tertiary/aromatic N) is 1. The highest BCUT2D eigenvalue weighted by molar-refractivity contribution is 6.30. The first-order chi connectivity index (χ1) is 12.4. The molecule has 26 heavy (non-hydrogen) atoms. The number of aliphatic carboxylic acids is 1. The average molecular weight is 380 g/mol. The van der Waals surface area contributed by atoms with E-state index in [9.17, 15) is 9.59 Å². The van der Waals surface area contributed by atoms with Gasteiger partial charge in [-0.05, 0) is 56.3 Å². The highest BCUT2D eigenvalue weighted by Gasteiger charge is 2.44. The Morgan fingerprint density at radius 3 is 2.65 bits per heavy atom. The summed E-state index contributed by atoms with van der Waals surface area (Å²) in [6.07, 6.45) is 4.34. The zero-order valence-electron chi connectivity index (χ0n) is 15.0. The molecule has 0 atom stereocenters. The van der Waals surface area contributed by atoms with Crippen molar-refractivity contribution in [2.75, 3.05) is 13.1 Å². The number of hydrogen-bond acceptors (Lipinski definition) is 3. The molecule has 2 aliphatic rings. The molecule has 2 fully saturated rings. The molecule has 7 heteroatoms. The van der Waals surface area contributed by atoms with E-state index in [1.165, 1.54) is 0 Å². The van der Waals surface area contributed by atoms with Gasteiger partial charge in [-0.2, -0.15) is 0 Å². The monoisotopic (exact) mass is 379 g/mol. The van der Waals surface area contributed by atoms with Gasteiger partial charge in [-0.25, -0.2) is 4.79 Å². The minimum Gasteiger partial charge on any atom is -0.480 e. The molecule has 0 radical (unpaired) electrons. The van der Waals surface area contributed by atoms with Crippen molar-refractivity contribution in [3.05, 3.63) is 34.9 Å². The Morgan fingerprint density at radius 2 is 2.08 bits per heavy atom. The molecule has 1 aromatic rings. The van der Waals surface area contributed by atoms with Crippen LogP contribution < -0.4 is 10.6 Å². The lowest BCUT2D eigenvalue weighted by molar-refractivity contribution is -0.139. The Kier molecular flexibility index (Phi) is 5.73. The van der Waals surface area contributed by atoms with Crippen molar-refractivity contribution in [2.45, 2.75) is 56.7 Å². The highest BCUT2D eigenvalue weighted by Crippen LogP contribution is 2.39. The van der Waals surface area contributed by atoms with E-state index in [0.29, 0.717) is 11.6 Å². The van der Waals surface area contributed by atoms with E-state index >= 15 is 0 Å². The van der Waals surface area contributed by atoms with Crippen LogP contribution in [0.1, 0.15) is 38.2 Å². The van der Waals surface area contributed by atoms with Crippen molar-refractivity contribution in [1.29, 1.82) is 0 Å². The molecule has 3 rings (SSSR count). The number of hydrogen-bond donors (Lipinski definition) is 3. The predicted molar refractivity (Wildman–Crippen MR) is 100 cm³/mol. The second-order valence-electron chi connectivity index (χ2n) is 7.46. The smallest absolute Gasteiger partial charge is 0.317 e. The van der Waals surface area contributed by atoms with Gasteiger partial charge >= 0.3 is 12.0 Å². The van der Waals surface area contributed by atoms with Crippen LogP contribution in [0.5, 0.6) is 0 Å². The molecule has 6 nitrogen and oxygen atoms in total. The standard InChI is InChI=1S/C19H26ClN3O3/c1-2-23(12-17(24)25)16-9-15(10-16)21-18(26)22-19(6-7-19)11-13-4-3-5-14(20)8-13/h3-5,8,15-16H,2,6-7,9-12H2,1H3,(H,24,25)(H2,21,22,26). The summed E-state index contributed by atoms with van der Waals surface area (Å²) in [6, 6.07) is 7.98. The van der Waals surface area contributed by atoms with Crippen LogP contribution in [0, 0.1) is 0 Å². The van der Waals surface area contributed by atoms with Gasteiger partial charge in [0.25, 0.3) is 0 Å². The number of rotatable bonds is 8. The lowest BCUT2D eigenvalue weighted by atomic mass is 9.85. The van der Waals surface area contributed by atoms with Crippen molar-refractivity contribution in [2.24, 2.45) is 0 Å². The van der Waals surface area contributed by atoms with Gasteiger partial charge in [0.2, 0.25) is 0 Å². The highest BCUT2D eigenvalue weighted by atomic mass is 35.5. The van der Waals surface area contributed by atoms with E-state index in [-0.39, 0.29) is 30.2 Å². The van der Waals surface area contributed by atoms with Gasteiger partial charge < -0.3 is 15.7 Å². The molecular formula is C19H26ClN3O3. The lowest BCUT2D eigenvalue weighted by Crippen LogP contribution is -2.57. The summed E-state index contributed by atoms with van der Waals surface area (Å²) in [7, 11) is 0. The number of carbonyl (C=O) groups excluding carboxylic acids is 1. The third kappa shape index (κ3) is 4.89. The van der Waals surface area contributed by atoms with Crippen LogP contribution >= 0.6 is 11.6 Å². The lowest BCUT2D eigenvalue weighted by Gasteiger charge is -2.42. The fraction of sp³-hybridized carbons (Fsp3) is 0.579. The summed E-state index contributed by atoms with van der Waals surface area (Å²) < 4.78 is 0. The number of urea groups is 1. The molecule has 0 unspecified atom stereocenters. The predicted octanol–water partition coefficient (Wildman–Crippen LogP) is 2.65. The van der Waals surface area contributed by atoms with Crippen LogP contribution in [-0.2, 0) is 11.2 Å². The molecule has 2 aliphatic carbocycles. The maximum Gasteiger partial charge on any atom is 0.317 e. The number of carbonyl (C=O) groups is 2. The molecule has 0 heterocycles. The largest absolute Gasteiger partial charge is 0.480 e. The van der Waals surface area contributed by atoms with Gasteiger partial charge in [0, 0.05) is 22.6 Å². The molecule has 2 saturated carbocycles. The van der Waals surface area contributed by atoms with Gasteiger partial charge in [0.15, 0.2) is 0 Å². The minimum atomic E-state index is -0.808. The Balaban J connectivity index is 1.43. The van der Waals surface area contributed by atoms with Crippen LogP contribution in [0.3, 0.4) is 0 Å². The first kappa shape index (κ1) is 19.0. The van der Waals surface area contributed by atoms with E-state index in [1.807, 2.05) is 36.1 Å². The van der Waals surface area contributed by atoms with E-state index in [2.05, 4.69) is 10.6 Å². The van der Waals surface area contributed by atoms with Crippen LogP contribution in [-0.4, -0.2) is 52.7 Å². The van der Waals surface area contributed by atoms with Crippen molar-refractivity contribution in [3.8, 4) is 0 Å². The molecular weight excluding hydrogens is 354 g/mol. The number of carboxylic acid groups (broad SMARTS) is 1. The zero-order valence-corrected chi connectivity index (χ0v) is 15.8. The first-order valence-electron chi connectivity index (χ1n) is 9.18.